The van der Waals surface area contributed by atoms with Crippen molar-refractivity contribution in [3.05, 3.63) is 28.5 Å². The van der Waals surface area contributed by atoms with Crippen LogP contribution >= 0.6 is 15.9 Å². The Morgan fingerprint density at radius 2 is 2.19 bits per heavy atom. The molecule has 1 aromatic rings. The Labute approximate surface area is 102 Å². The van der Waals surface area contributed by atoms with E-state index >= 15 is 0 Å². The fourth-order valence-corrected chi connectivity index (χ4v) is 2.34. The molecule has 0 aliphatic heterocycles. The van der Waals surface area contributed by atoms with Gasteiger partial charge < -0.3 is 5.11 Å². The topological polar surface area (TPSA) is 66.4 Å². The minimum Gasteiger partial charge on any atom is -0.392 e. The van der Waals surface area contributed by atoms with Crippen LogP contribution < -0.4 is 4.72 Å². The SMILES string of the molecule is C[C@@H](O)CNS(=O)(=O)c1ccc(Br)c(F)c1. The molecule has 1 aromatic carbocycles. The Morgan fingerprint density at radius 3 is 2.69 bits per heavy atom. The van der Waals surface area contributed by atoms with E-state index in [1.54, 1.807) is 0 Å². The van der Waals surface area contributed by atoms with Crippen molar-refractivity contribution < 1.29 is 17.9 Å². The van der Waals surface area contributed by atoms with Gasteiger partial charge in [0.15, 0.2) is 0 Å². The van der Waals surface area contributed by atoms with Crippen LogP contribution in [0.25, 0.3) is 0 Å². The van der Waals surface area contributed by atoms with E-state index in [4.69, 9.17) is 5.11 Å². The highest BCUT2D eigenvalue weighted by Gasteiger charge is 2.16. The molecule has 90 valence electrons. The molecule has 0 radical (unpaired) electrons. The van der Waals surface area contributed by atoms with Crippen LogP contribution in [0.5, 0.6) is 0 Å². The number of aliphatic hydroxyl groups is 1. The van der Waals surface area contributed by atoms with Crippen molar-refractivity contribution in [3.63, 3.8) is 0 Å². The molecule has 0 fully saturated rings. The third-order valence-corrected chi connectivity index (χ3v) is 3.83. The van der Waals surface area contributed by atoms with Crippen LogP contribution in [0.15, 0.2) is 27.6 Å². The number of hydrogen-bond acceptors (Lipinski definition) is 3. The number of hydrogen-bond donors (Lipinski definition) is 2. The van der Waals surface area contributed by atoms with E-state index in [1.165, 1.54) is 19.1 Å². The molecule has 0 heterocycles. The van der Waals surface area contributed by atoms with E-state index in [9.17, 15) is 12.8 Å². The lowest BCUT2D eigenvalue weighted by molar-refractivity contribution is 0.198. The molecule has 2 N–H and O–H groups in total. The molecule has 1 atom stereocenters. The number of halogens is 2. The number of benzene rings is 1. The molecule has 0 bridgehead atoms. The Morgan fingerprint density at radius 1 is 1.56 bits per heavy atom. The summed E-state index contributed by atoms with van der Waals surface area (Å²) in [6, 6.07) is 3.50. The fraction of sp³-hybridized carbons (Fsp3) is 0.333. The molecule has 0 saturated heterocycles. The summed E-state index contributed by atoms with van der Waals surface area (Å²) in [5.74, 6) is -0.653. The van der Waals surface area contributed by atoms with Gasteiger partial charge in [-0.2, -0.15) is 0 Å². The van der Waals surface area contributed by atoms with Gasteiger partial charge in [-0.3, -0.25) is 0 Å². The summed E-state index contributed by atoms with van der Waals surface area (Å²) < 4.78 is 38.7. The van der Waals surface area contributed by atoms with Gasteiger partial charge in [0.2, 0.25) is 10.0 Å². The molecule has 0 aromatic heterocycles. The number of sulfonamides is 1. The van der Waals surface area contributed by atoms with E-state index in [0.717, 1.165) is 6.07 Å². The fourth-order valence-electron chi connectivity index (χ4n) is 0.958. The van der Waals surface area contributed by atoms with Gasteiger partial charge in [-0.15, -0.1) is 0 Å². The molecular weight excluding hydrogens is 301 g/mol. The van der Waals surface area contributed by atoms with Crippen molar-refractivity contribution in [2.24, 2.45) is 0 Å². The molecule has 0 amide bonds. The van der Waals surface area contributed by atoms with Gasteiger partial charge in [0.1, 0.15) is 5.82 Å². The van der Waals surface area contributed by atoms with Crippen molar-refractivity contribution in [2.75, 3.05) is 6.54 Å². The smallest absolute Gasteiger partial charge is 0.240 e. The second-order valence-corrected chi connectivity index (χ2v) is 5.90. The summed E-state index contributed by atoms with van der Waals surface area (Å²) in [6.07, 6.45) is -0.796. The monoisotopic (exact) mass is 311 g/mol. The van der Waals surface area contributed by atoms with E-state index in [-0.39, 0.29) is 15.9 Å². The van der Waals surface area contributed by atoms with Gasteiger partial charge >= 0.3 is 0 Å². The molecule has 0 aliphatic carbocycles. The van der Waals surface area contributed by atoms with Gasteiger partial charge in [0.05, 0.1) is 15.5 Å². The van der Waals surface area contributed by atoms with E-state index in [1.807, 2.05) is 0 Å². The predicted octanol–water partition coefficient (Wildman–Crippen LogP) is 1.25. The van der Waals surface area contributed by atoms with Crippen LogP contribution in [0.1, 0.15) is 6.92 Å². The zero-order chi connectivity index (χ0) is 12.3. The van der Waals surface area contributed by atoms with E-state index < -0.39 is 21.9 Å². The maximum atomic E-state index is 13.1. The Bertz CT molecular complexity index is 476. The summed E-state index contributed by atoms with van der Waals surface area (Å²) in [4.78, 5) is -0.172. The van der Waals surface area contributed by atoms with E-state index in [2.05, 4.69) is 20.7 Å². The Balaban J connectivity index is 2.94. The minimum absolute atomic E-state index is 0.111. The lowest BCUT2D eigenvalue weighted by Gasteiger charge is -2.08. The molecule has 0 unspecified atom stereocenters. The van der Waals surface area contributed by atoms with Crippen molar-refractivity contribution in [3.8, 4) is 0 Å². The first-order valence-corrected chi connectivity index (χ1v) is 6.73. The summed E-state index contributed by atoms with van der Waals surface area (Å²) in [5, 5.41) is 8.95. The van der Waals surface area contributed by atoms with Crippen LogP contribution in [0.4, 0.5) is 4.39 Å². The summed E-state index contributed by atoms with van der Waals surface area (Å²) in [7, 11) is -3.77. The van der Waals surface area contributed by atoms with Gasteiger partial charge in [-0.1, -0.05) is 0 Å². The normalized spacial score (nSPS) is 13.8. The van der Waals surface area contributed by atoms with Crippen molar-refractivity contribution in [2.45, 2.75) is 17.9 Å². The number of nitrogens with one attached hydrogen (secondary N) is 1. The van der Waals surface area contributed by atoms with Crippen molar-refractivity contribution in [1.29, 1.82) is 0 Å². The Kier molecular flexibility index (Phi) is 4.43. The van der Waals surface area contributed by atoms with Crippen LogP contribution in [0.2, 0.25) is 0 Å². The highest BCUT2D eigenvalue weighted by molar-refractivity contribution is 9.10. The zero-order valence-corrected chi connectivity index (χ0v) is 10.8. The molecular formula is C9H11BrFNO3S. The highest BCUT2D eigenvalue weighted by Crippen LogP contribution is 2.19. The lowest BCUT2D eigenvalue weighted by Crippen LogP contribution is -2.30. The molecule has 1 rings (SSSR count). The van der Waals surface area contributed by atoms with Crippen molar-refractivity contribution >= 4 is 26.0 Å². The second kappa shape index (κ2) is 5.22. The number of aliphatic hydroxyl groups excluding tert-OH is 1. The van der Waals surface area contributed by atoms with Gasteiger partial charge in [-0.05, 0) is 41.1 Å². The Hall–Kier alpha value is -0.500. The number of rotatable bonds is 4. The molecule has 7 heteroatoms. The molecule has 4 nitrogen and oxygen atoms in total. The largest absolute Gasteiger partial charge is 0.392 e. The second-order valence-electron chi connectivity index (χ2n) is 3.28. The summed E-state index contributed by atoms with van der Waals surface area (Å²) >= 11 is 2.93. The van der Waals surface area contributed by atoms with E-state index in [0.29, 0.717) is 0 Å². The van der Waals surface area contributed by atoms with Crippen LogP contribution in [-0.4, -0.2) is 26.2 Å². The summed E-state index contributed by atoms with van der Waals surface area (Å²) in [6.45, 7) is 1.34. The highest BCUT2D eigenvalue weighted by atomic mass is 79.9. The third-order valence-electron chi connectivity index (χ3n) is 1.77. The van der Waals surface area contributed by atoms with Crippen LogP contribution in [-0.2, 0) is 10.0 Å². The predicted molar refractivity (Wildman–Crippen MR) is 61.0 cm³/mol. The molecule has 0 spiro atoms. The maximum Gasteiger partial charge on any atom is 0.240 e. The first-order valence-electron chi connectivity index (χ1n) is 4.45. The molecule has 16 heavy (non-hydrogen) atoms. The van der Waals surface area contributed by atoms with Crippen molar-refractivity contribution in [1.82, 2.24) is 4.72 Å². The average molecular weight is 312 g/mol. The zero-order valence-electron chi connectivity index (χ0n) is 8.44. The van der Waals surface area contributed by atoms with Crippen LogP contribution in [0, 0.1) is 5.82 Å². The first-order chi connectivity index (χ1) is 7.33. The van der Waals surface area contributed by atoms with Gasteiger partial charge in [-0.25, -0.2) is 17.5 Å². The minimum atomic E-state index is -3.77. The maximum absolute atomic E-state index is 13.1. The van der Waals surface area contributed by atoms with Gasteiger partial charge in [0, 0.05) is 6.54 Å². The average Bonchev–Trinajstić information content (AvgIpc) is 2.19. The summed E-state index contributed by atoms with van der Waals surface area (Å²) in [5.41, 5.74) is 0. The lowest BCUT2D eigenvalue weighted by atomic mass is 10.3. The molecule has 0 saturated carbocycles. The standard InChI is InChI=1S/C9H11BrFNO3S/c1-6(13)5-12-16(14,15)7-2-3-8(10)9(11)4-7/h2-4,6,12-13H,5H2,1H3/t6-/m1/s1. The first kappa shape index (κ1) is 13.6. The third kappa shape index (κ3) is 3.51. The molecule has 0 aliphatic rings. The quantitative estimate of drug-likeness (QED) is 0.879. The van der Waals surface area contributed by atoms with Crippen LogP contribution in [0.3, 0.4) is 0 Å². The van der Waals surface area contributed by atoms with Gasteiger partial charge in [0.25, 0.3) is 0 Å².